The predicted molar refractivity (Wildman–Crippen MR) is 94.4 cm³/mol. The van der Waals surface area contributed by atoms with Crippen molar-refractivity contribution in [3.8, 4) is 0 Å². The van der Waals surface area contributed by atoms with E-state index in [-0.39, 0.29) is 17.9 Å². The lowest BCUT2D eigenvalue weighted by Crippen LogP contribution is -2.20. The number of nitrogens with zero attached hydrogens (tertiary/aromatic N) is 2. The summed E-state index contributed by atoms with van der Waals surface area (Å²) in [6, 6.07) is 6.61. The van der Waals surface area contributed by atoms with Crippen molar-refractivity contribution in [3.63, 3.8) is 0 Å². The van der Waals surface area contributed by atoms with Gasteiger partial charge in [0.05, 0.1) is 0 Å². The van der Waals surface area contributed by atoms with Gasteiger partial charge < -0.3 is 10.6 Å². The molecule has 1 fully saturated rings. The van der Waals surface area contributed by atoms with Gasteiger partial charge in [-0.25, -0.2) is 4.79 Å². The van der Waals surface area contributed by atoms with Crippen LogP contribution in [-0.4, -0.2) is 22.1 Å². The fraction of sp³-hybridized carbons (Fsp3) is 0.375. The summed E-state index contributed by atoms with van der Waals surface area (Å²) in [5.74, 6) is 0.336. The minimum Gasteiger partial charge on any atom is -0.326 e. The summed E-state index contributed by atoms with van der Waals surface area (Å²) in [5.41, 5.74) is 1.22. The predicted octanol–water partition coefficient (Wildman–Crippen LogP) is 3.65. The molecular weight excluding hydrogens is 326 g/mol. The van der Waals surface area contributed by atoms with E-state index in [2.05, 4.69) is 26.1 Å². The lowest BCUT2D eigenvalue weighted by molar-refractivity contribution is -0.118. The molecule has 3 rings (SSSR count). The van der Waals surface area contributed by atoms with Gasteiger partial charge in [-0.3, -0.25) is 10.1 Å². The molecule has 8 heteroatoms. The molecule has 126 valence electrons. The Morgan fingerprint density at radius 1 is 1.12 bits per heavy atom. The second kappa shape index (κ2) is 6.96. The number of amides is 3. The number of nitrogens with one attached hydrogen (secondary N) is 3. The van der Waals surface area contributed by atoms with Crippen LogP contribution in [0, 0.1) is 5.92 Å². The van der Waals surface area contributed by atoms with E-state index in [1.54, 1.807) is 24.3 Å². The van der Waals surface area contributed by atoms with Crippen molar-refractivity contribution in [2.24, 2.45) is 5.92 Å². The Balaban J connectivity index is 1.58. The van der Waals surface area contributed by atoms with Gasteiger partial charge in [0.25, 0.3) is 0 Å². The average molecular weight is 345 g/mol. The molecule has 1 saturated carbocycles. The molecule has 24 heavy (non-hydrogen) atoms. The number of urea groups is 1. The van der Waals surface area contributed by atoms with Crippen LogP contribution in [0.15, 0.2) is 24.3 Å². The third-order valence-electron chi connectivity index (χ3n) is 3.50. The van der Waals surface area contributed by atoms with Gasteiger partial charge in [-0.2, -0.15) is 0 Å². The quantitative estimate of drug-likeness (QED) is 0.770. The largest absolute Gasteiger partial charge is 0.326 e. The zero-order valence-corrected chi connectivity index (χ0v) is 14.3. The first kappa shape index (κ1) is 16.4. The molecule has 0 radical (unpaired) electrons. The summed E-state index contributed by atoms with van der Waals surface area (Å²) in [5, 5.41) is 17.7. The number of carbonyl (C=O) groups is 2. The SMILES string of the molecule is CC(C)C(=O)Nc1cccc(NC(=O)Nc2nnc(C3CC3)s2)c1. The van der Waals surface area contributed by atoms with Gasteiger partial charge in [-0.15, -0.1) is 10.2 Å². The second-order valence-corrected chi connectivity index (χ2v) is 7.03. The zero-order valence-electron chi connectivity index (χ0n) is 13.5. The Hall–Kier alpha value is -2.48. The van der Waals surface area contributed by atoms with Gasteiger partial charge in [0.2, 0.25) is 11.0 Å². The molecule has 1 aromatic heterocycles. The van der Waals surface area contributed by atoms with Crippen LogP contribution in [0.1, 0.15) is 37.6 Å². The van der Waals surface area contributed by atoms with Crippen molar-refractivity contribution in [1.29, 1.82) is 0 Å². The Labute approximate surface area is 143 Å². The lowest BCUT2D eigenvalue weighted by Gasteiger charge is -2.10. The van der Waals surface area contributed by atoms with Gasteiger partial charge in [0, 0.05) is 23.2 Å². The molecule has 7 nitrogen and oxygen atoms in total. The first-order chi connectivity index (χ1) is 11.5. The fourth-order valence-corrected chi connectivity index (χ4v) is 2.91. The Morgan fingerprint density at radius 3 is 2.50 bits per heavy atom. The van der Waals surface area contributed by atoms with E-state index in [4.69, 9.17) is 0 Å². The summed E-state index contributed by atoms with van der Waals surface area (Å²) in [6.07, 6.45) is 2.30. The Bertz CT molecular complexity index is 754. The van der Waals surface area contributed by atoms with Crippen molar-refractivity contribution >= 4 is 39.8 Å². The number of benzene rings is 1. The molecule has 0 atom stereocenters. The van der Waals surface area contributed by atoms with Gasteiger partial charge in [-0.1, -0.05) is 31.3 Å². The number of carbonyl (C=O) groups excluding carboxylic acids is 2. The zero-order chi connectivity index (χ0) is 17.1. The normalized spacial score (nSPS) is 13.6. The molecule has 3 amide bonds. The summed E-state index contributed by atoms with van der Waals surface area (Å²) in [7, 11) is 0. The van der Waals surface area contributed by atoms with Crippen molar-refractivity contribution in [2.75, 3.05) is 16.0 Å². The van der Waals surface area contributed by atoms with Gasteiger partial charge in [0.15, 0.2) is 0 Å². The molecule has 3 N–H and O–H groups in total. The Morgan fingerprint density at radius 2 is 1.83 bits per heavy atom. The molecule has 0 aliphatic heterocycles. The number of rotatable bonds is 5. The fourth-order valence-electron chi connectivity index (χ4n) is 2.00. The first-order valence-corrected chi connectivity index (χ1v) is 8.65. The monoisotopic (exact) mass is 345 g/mol. The van der Waals surface area contributed by atoms with E-state index in [0.717, 1.165) is 17.8 Å². The third kappa shape index (κ3) is 4.29. The molecule has 0 unspecified atom stereocenters. The molecule has 0 spiro atoms. The molecule has 2 aromatic rings. The van der Waals surface area contributed by atoms with Gasteiger partial charge >= 0.3 is 6.03 Å². The molecular formula is C16H19N5O2S. The van der Waals surface area contributed by atoms with Crippen LogP contribution in [0.5, 0.6) is 0 Å². The summed E-state index contributed by atoms with van der Waals surface area (Å²) in [4.78, 5) is 23.8. The van der Waals surface area contributed by atoms with E-state index >= 15 is 0 Å². The lowest BCUT2D eigenvalue weighted by atomic mass is 10.2. The van der Waals surface area contributed by atoms with Crippen LogP contribution < -0.4 is 16.0 Å². The minimum atomic E-state index is -0.388. The second-order valence-electron chi connectivity index (χ2n) is 6.02. The van der Waals surface area contributed by atoms with E-state index in [9.17, 15) is 9.59 Å². The molecule has 1 aromatic carbocycles. The number of hydrogen-bond donors (Lipinski definition) is 3. The number of hydrogen-bond acceptors (Lipinski definition) is 5. The highest BCUT2D eigenvalue weighted by Crippen LogP contribution is 2.42. The van der Waals surface area contributed by atoms with Crippen molar-refractivity contribution < 1.29 is 9.59 Å². The third-order valence-corrected chi connectivity index (χ3v) is 4.50. The highest BCUT2D eigenvalue weighted by Gasteiger charge is 2.27. The van der Waals surface area contributed by atoms with Crippen molar-refractivity contribution in [1.82, 2.24) is 10.2 Å². The molecule has 1 heterocycles. The topological polar surface area (TPSA) is 96.0 Å². The summed E-state index contributed by atoms with van der Waals surface area (Å²) in [6.45, 7) is 3.64. The number of aromatic nitrogens is 2. The standard InChI is InChI=1S/C16H19N5O2S/c1-9(2)13(22)17-11-4-3-5-12(8-11)18-15(23)19-16-21-20-14(24-16)10-6-7-10/h3-5,8-10H,6-7H2,1-2H3,(H,17,22)(H2,18,19,21,23). The van der Waals surface area contributed by atoms with Crippen LogP contribution >= 0.6 is 11.3 Å². The van der Waals surface area contributed by atoms with E-state index in [1.807, 2.05) is 13.8 Å². The molecule has 0 bridgehead atoms. The van der Waals surface area contributed by atoms with Crippen LogP contribution in [0.2, 0.25) is 0 Å². The Kier molecular flexibility index (Phi) is 4.75. The highest BCUT2D eigenvalue weighted by molar-refractivity contribution is 7.15. The first-order valence-electron chi connectivity index (χ1n) is 7.83. The van der Waals surface area contributed by atoms with Gasteiger partial charge in [0.1, 0.15) is 5.01 Å². The van der Waals surface area contributed by atoms with Gasteiger partial charge in [-0.05, 0) is 31.0 Å². The van der Waals surface area contributed by atoms with Crippen LogP contribution in [0.3, 0.4) is 0 Å². The van der Waals surface area contributed by atoms with E-state index < -0.39 is 0 Å². The number of anilines is 3. The average Bonchev–Trinajstić information content (AvgIpc) is 3.28. The molecule has 0 saturated heterocycles. The van der Waals surface area contributed by atoms with Crippen molar-refractivity contribution in [2.45, 2.75) is 32.6 Å². The van der Waals surface area contributed by atoms with Crippen LogP contribution in [-0.2, 0) is 4.79 Å². The van der Waals surface area contributed by atoms with Crippen molar-refractivity contribution in [3.05, 3.63) is 29.3 Å². The molecule has 1 aliphatic carbocycles. The van der Waals surface area contributed by atoms with E-state index in [0.29, 0.717) is 22.4 Å². The van der Waals surface area contributed by atoms with Crippen LogP contribution in [0.4, 0.5) is 21.3 Å². The minimum absolute atomic E-state index is 0.0712. The summed E-state index contributed by atoms with van der Waals surface area (Å²) >= 11 is 1.41. The van der Waals surface area contributed by atoms with E-state index in [1.165, 1.54) is 11.3 Å². The maximum Gasteiger partial charge on any atom is 0.325 e. The molecule has 1 aliphatic rings. The highest BCUT2D eigenvalue weighted by atomic mass is 32.1. The van der Waals surface area contributed by atoms with Crippen LogP contribution in [0.25, 0.3) is 0 Å². The maximum absolute atomic E-state index is 12.0. The maximum atomic E-state index is 12.0. The smallest absolute Gasteiger partial charge is 0.325 e. The summed E-state index contributed by atoms with van der Waals surface area (Å²) < 4.78 is 0.